The topological polar surface area (TPSA) is 35.8 Å². The van der Waals surface area contributed by atoms with Gasteiger partial charge in [-0.3, -0.25) is 0 Å². The van der Waals surface area contributed by atoms with E-state index in [4.69, 9.17) is 16.9 Å². The van der Waals surface area contributed by atoms with E-state index in [1.807, 2.05) is 24.3 Å². The third-order valence-corrected chi connectivity index (χ3v) is 3.17. The minimum atomic E-state index is -0.412. The number of anilines is 1. The maximum Gasteiger partial charge on any atom is 0.142 e. The fraction of sp³-hybridized carbons (Fsp3) is 0.133. The molecule has 0 aliphatic heterocycles. The molecule has 0 radical (unpaired) electrons. The Bertz CT molecular complexity index is 603. The van der Waals surface area contributed by atoms with E-state index in [0.717, 1.165) is 11.3 Å². The van der Waals surface area contributed by atoms with Crippen LogP contribution in [-0.4, -0.2) is 0 Å². The van der Waals surface area contributed by atoms with Gasteiger partial charge in [0.15, 0.2) is 0 Å². The molecule has 96 valence electrons. The molecule has 4 heteroatoms. The number of nitrogens with zero attached hydrogens (tertiary/aromatic N) is 1. The van der Waals surface area contributed by atoms with Gasteiger partial charge in [-0.05, 0) is 29.3 Å². The molecule has 0 aliphatic rings. The lowest BCUT2D eigenvalue weighted by atomic mass is 10.1. The molecule has 0 saturated carbocycles. The molecule has 0 amide bonds. The molecule has 0 aliphatic carbocycles. The van der Waals surface area contributed by atoms with Crippen molar-refractivity contribution in [1.29, 1.82) is 5.26 Å². The average molecular weight is 275 g/mol. The molecule has 2 aromatic carbocycles. The zero-order valence-electron chi connectivity index (χ0n) is 10.2. The second-order valence-electron chi connectivity index (χ2n) is 4.10. The van der Waals surface area contributed by atoms with Crippen LogP contribution in [0.5, 0.6) is 0 Å². The Kier molecular flexibility index (Phi) is 4.38. The maximum atomic E-state index is 13.3. The van der Waals surface area contributed by atoms with Gasteiger partial charge in [-0.15, -0.1) is 0 Å². The molecular weight excluding hydrogens is 263 g/mol. The van der Waals surface area contributed by atoms with E-state index in [1.165, 1.54) is 6.07 Å². The van der Waals surface area contributed by atoms with Crippen LogP contribution in [0.2, 0.25) is 5.02 Å². The molecule has 19 heavy (non-hydrogen) atoms. The van der Waals surface area contributed by atoms with Crippen LogP contribution in [0, 0.1) is 17.1 Å². The first-order valence-corrected chi connectivity index (χ1v) is 6.21. The number of rotatable bonds is 4. The number of nitriles is 1. The average Bonchev–Trinajstić information content (AvgIpc) is 2.42. The molecular formula is C15H12ClFN2. The van der Waals surface area contributed by atoms with Gasteiger partial charge in [0, 0.05) is 12.2 Å². The number of hydrogen-bond acceptors (Lipinski definition) is 2. The standard InChI is InChI=1S/C15H12ClFN2/c16-15-12(2-1-3-14(15)17)10-19-13-6-4-11(5-7-13)8-9-18/h1-7,19H,8,10H2. The van der Waals surface area contributed by atoms with Crippen molar-refractivity contribution in [3.63, 3.8) is 0 Å². The predicted octanol–water partition coefficient (Wildman–Crippen LogP) is 4.16. The van der Waals surface area contributed by atoms with Gasteiger partial charge in [-0.25, -0.2) is 4.39 Å². The molecule has 0 atom stereocenters. The van der Waals surface area contributed by atoms with Gasteiger partial charge in [0.05, 0.1) is 17.5 Å². The van der Waals surface area contributed by atoms with E-state index >= 15 is 0 Å². The lowest BCUT2D eigenvalue weighted by molar-refractivity contribution is 0.626. The zero-order valence-corrected chi connectivity index (χ0v) is 10.9. The summed E-state index contributed by atoms with van der Waals surface area (Å²) in [5.41, 5.74) is 2.58. The maximum absolute atomic E-state index is 13.3. The van der Waals surface area contributed by atoms with E-state index in [0.29, 0.717) is 18.5 Å². The zero-order chi connectivity index (χ0) is 13.7. The summed E-state index contributed by atoms with van der Waals surface area (Å²) in [6.45, 7) is 0.453. The minimum Gasteiger partial charge on any atom is -0.381 e. The van der Waals surface area contributed by atoms with Gasteiger partial charge >= 0.3 is 0 Å². The van der Waals surface area contributed by atoms with Crippen molar-refractivity contribution < 1.29 is 4.39 Å². The molecule has 0 bridgehead atoms. The Morgan fingerprint density at radius 3 is 2.58 bits per heavy atom. The summed E-state index contributed by atoms with van der Waals surface area (Å²) < 4.78 is 13.3. The lowest BCUT2D eigenvalue weighted by Crippen LogP contribution is -2.01. The molecule has 0 spiro atoms. The largest absolute Gasteiger partial charge is 0.381 e. The monoisotopic (exact) mass is 274 g/mol. The molecule has 2 aromatic rings. The molecule has 0 fully saturated rings. The number of halogens is 2. The molecule has 0 aromatic heterocycles. The van der Waals surface area contributed by atoms with Crippen molar-refractivity contribution in [2.75, 3.05) is 5.32 Å². The lowest BCUT2D eigenvalue weighted by Gasteiger charge is -2.09. The van der Waals surface area contributed by atoms with Crippen LogP contribution in [0.3, 0.4) is 0 Å². The highest BCUT2D eigenvalue weighted by molar-refractivity contribution is 6.31. The van der Waals surface area contributed by atoms with Gasteiger partial charge in [0.25, 0.3) is 0 Å². The third-order valence-electron chi connectivity index (χ3n) is 2.75. The molecule has 2 nitrogen and oxygen atoms in total. The van der Waals surface area contributed by atoms with Crippen molar-refractivity contribution in [2.45, 2.75) is 13.0 Å². The van der Waals surface area contributed by atoms with Crippen LogP contribution in [0.4, 0.5) is 10.1 Å². The SMILES string of the molecule is N#CCc1ccc(NCc2cccc(F)c2Cl)cc1. The summed E-state index contributed by atoms with van der Waals surface area (Å²) >= 11 is 5.87. The molecule has 0 unspecified atom stereocenters. The van der Waals surface area contributed by atoms with Gasteiger partial charge in [0.1, 0.15) is 5.82 Å². The highest BCUT2D eigenvalue weighted by atomic mass is 35.5. The van der Waals surface area contributed by atoms with E-state index in [9.17, 15) is 4.39 Å². The summed E-state index contributed by atoms with van der Waals surface area (Å²) in [6, 6.07) is 14.4. The minimum absolute atomic E-state index is 0.149. The summed E-state index contributed by atoms with van der Waals surface area (Å²) in [7, 11) is 0. The van der Waals surface area contributed by atoms with Crippen molar-refractivity contribution in [3.8, 4) is 6.07 Å². The van der Waals surface area contributed by atoms with Crippen LogP contribution >= 0.6 is 11.6 Å². The van der Waals surface area contributed by atoms with Gasteiger partial charge < -0.3 is 5.32 Å². The van der Waals surface area contributed by atoms with Crippen LogP contribution in [0.25, 0.3) is 0 Å². The quantitative estimate of drug-likeness (QED) is 0.909. The molecule has 0 saturated heterocycles. The first kappa shape index (κ1) is 13.4. The van der Waals surface area contributed by atoms with Gasteiger partial charge in [0.2, 0.25) is 0 Å². The molecule has 0 heterocycles. The van der Waals surface area contributed by atoms with Gasteiger partial charge in [-0.1, -0.05) is 35.9 Å². The van der Waals surface area contributed by atoms with Crippen LogP contribution < -0.4 is 5.32 Å². The summed E-state index contributed by atoms with van der Waals surface area (Å²) in [5.74, 6) is -0.412. The molecule has 2 rings (SSSR count). The van der Waals surface area contributed by atoms with Crippen molar-refractivity contribution >= 4 is 17.3 Å². The van der Waals surface area contributed by atoms with Gasteiger partial charge in [-0.2, -0.15) is 5.26 Å². The second-order valence-corrected chi connectivity index (χ2v) is 4.48. The first-order valence-electron chi connectivity index (χ1n) is 5.83. The normalized spacial score (nSPS) is 9.95. The van der Waals surface area contributed by atoms with Crippen LogP contribution in [0.15, 0.2) is 42.5 Å². The summed E-state index contributed by atoms with van der Waals surface area (Å²) in [4.78, 5) is 0. The number of nitrogens with one attached hydrogen (secondary N) is 1. The Morgan fingerprint density at radius 2 is 1.89 bits per heavy atom. The van der Waals surface area contributed by atoms with E-state index in [-0.39, 0.29) is 5.02 Å². The first-order chi connectivity index (χ1) is 9.20. The van der Waals surface area contributed by atoms with E-state index < -0.39 is 5.82 Å². The van der Waals surface area contributed by atoms with Crippen LogP contribution in [-0.2, 0) is 13.0 Å². The second kappa shape index (κ2) is 6.21. The van der Waals surface area contributed by atoms with E-state index in [1.54, 1.807) is 12.1 Å². The van der Waals surface area contributed by atoms with Crippen molar-refractivity contribution in [1.82, 2.24) is 0 Å². The summed E-state index contributed by atoms with van der Waals surface area (Å²) in [5, 5.41) is 11.9. The Morgan fingerprint density at radius 1 is 1.16 bits per heavy atom. The van der Waals surface area contributed by atoms with Crippen molar-refractivity contribution in [2.24, 2.45) is 0 Å². The fourth-order valence-electron chi connectivity index (χ4n) is 1.71. The van der Waals surface area contributed by atoms with Crippen molar-refractivity contribution in [3.05, 3.63) is 64.4 Å². The third kappa shape index (κ3) is 3.46. The summed E-state index contributed by atoms with van der Waals surface area (Å²) in [6.07, 6.45) is 0.399. The number of hydrogen-bond donors (Lipinski definition) is 1. The molecule has 1 N–H and O–H groups in total. The smallest absolute Gasteiger partial charge is 0.142 e. The highest BCUT2D eigenvalue weighted by Gasteiger charge is 2.05. The Labute approximate surface area is 116 Å². The number of benzene rings is 2. The fourth-order valence-corrected chi connectivity index (χ4v) is 1.91. The van der Waals surface area contributed by atoms with Crippen LogP contribution in [0.1, 0.15) is 11.1 Å². The van der Waals surface area contributed by atoms with E-state index in [2.05, 4.69) is 11.4 Å². The Hall–Kier alpha value is -2.05. The highest BCUT2D eigenvalue weighted by Crippen LogP contribution is 2.21. The predicted molar refractivity (Wildman–Crippen MR) is 74.5 cm³/mol. The Balaban J connectivity index is 2.02.